The van der Waals surface area contributed by atoms with Gasteiger partial charge < -0.3 is 0 Å². The van der Waals surface area contributed by atoms with Crippen molar-refractivity contribution in [2.45, 2.75) is 27.7 Å². The molecule has 0 radical (unpaired) electrons. The second-order valence-electron chi connectivity index (χ2n) is 5.37. The Hall–Kier alpha value is -1.49. The molecule has 0 fully saturated rings. The lowest BCUT2D eigenvalue weighted by Crippen LogP contribution is -1.83. The van der Waals surface area contributed by atoms with Crippen molar-refractivity contribution in [2.24, 2.45) is 0 Å². The number of fused-ring (bicyclic) bond motifs is 2. The van der Waals surface area contributed by atoms with Gasteiger partial charge >= 0.3 is 0 Å². The average molecular weight is 581 g/mol. The molecule has 0 aliphatic carbocycles. The fraction of sp³-hybridized carbons (Fsp3) is 0.160. The molecular weight excluding hydrogens is 556 g/mol. The molecule has 29 heavy (non-hydrogen) atoms. The summed E-state index contributed by atoms with van der Waals surface area (Å²) < 4.78 is 3.30. The highest BCUT2D eigenvalue weighted by atomic mass is 79.9. The van der Waals surface area contributed by atoms with Crippen molar-refractivity contribution in [3.05, 3.63) is 91.8 Å². The Morgan fingerprint density at radius 1 is 0.517 bits per heavy atom. The number of benzene rings is 4. The molecule has 0 unspecified atom stereocenters. The summed E-state index contributed by atoms with van der Waals surface area (Å²) in [7, 11) is 0. The first-order valence-electron chi connectivity index (χ1n) is 9.57. The molecule has 0 aliphatic rings. The second-order valence-corrected chi connectivity index (χ2v) is 7.94. The molecule has 4 rings (SSSR count). The number of carbonyl (C=O) groups is 1. The van der Waals surface area contributed by atoms with Crippen LogP contribution in [0, 0.1) is 0 Å². The van der Waals surface area contributed by atoms with Gasteiger partial charge in [0.2, 0.25) is 0 Å². The monoisotopic (exact) mass is 578 g/mol. The largest absolute Gasteiger partial charge is 0.298 e. The van der Waals surface area contributed by atoms with Crippen LogP contribution in [0.3, 0.4) is 0 Å². The van der Waals surface area contributed by atoms with Crippen molar-refractivity contribution in [3.8, 4) is 0 Å². The molecule has 4 aromatic rings. The average Bonchev–Trinajstić information content (AvgIpc) is 2.80. The third-order valence-corrected chi connectivity index (χ3v) is 5.92. The van der Waals surface area contributed by atoms with Gasteiger partial charge in [0.1, 0.15) is 0 Å². The molecule has 1 nitrogen and oxygen atoms in total. The molecule has 0 saturated heterocycles. The van der Waals surface area contributed by atoms with Crippen molar-refractivity contribution in [1.29, 1.82) is 0 Å². The van der Waals surface area contributed by atoms with Crippen molar-refractivity contribution in [2.75, 3.05) is 0 Å². The molecule has 0 heterocycles. The zero-order chi connectivity index (χ0) is 21.8. The van der Waals surface area contributed by atoms with Crippen LogP contribution >= 0.6 is 47.8 Å². The van der Waals surface area contributed by atoms with Crippen LogP contribution in [0.15, 0.2) is 86.2 Å². The summed E-state index contributed by atoms with van der Waals surface area (Å²) in [5.74, 6) is 0. The SMILES string of the molecule is Brc1ccc(Br)c2ccccc12.CC.CC.O=Cc1ccc(Br)c2ccccc12. The minimum Gasteiger partial charge on any atom is -0.298 e. The maximum atomic E-state index is 10.7. The third-order valence-electron chi connectivity index (χ3n) is 3.85. The first kappa shape index (κ1) is 25.5. The summed E-state index contributed by atoms with van der Waals surface area (Å²) in [4.78, 5) is 10.7. The van der Waals surface area contributed by atoms with E-state index >= 15 is 0 Å². The van der Waals surface area contributed by atoms with Gasteiger partial charge in [-0.05, 0) is 45.8 Å². The highest BCUT2D eigenvalue weighted by molar-refractivity contribution is 9.11. The van der Waals surface area contributed by atoms with E-state index in [0.717, 1.165) is 36.0 Å². The Balaban J connectivity index is 0.000000248. The molecule has 0 aromatic heterocycles. The van der Waals surface area contributed by atoms with Gasteiger partial charge in [0.05, 0.1) is 0 Å². The van der Waals surface area contributed by atoms with Gasteiger partial charge in [0.25, 0.3) is 0 Å². The Labute approximate surface area is 198 Å². The molecule has 0 bridgehead atoms. The number of hydrogen-bond donors (Lipinski definition) is 0. The lowest BCUT2D eigenvalue weighted by Gasteiger charge is -2.01. The van der Waals surface area contributed by atoms with Crippen LogP contribution < -0.4 is 0 Å². The maximum Gasteiger partial charge on any atom is 0.150 e. The van der Waals surface area contributed by atoms with E-state index in [2.05, 4.69) is 59.9 Å². The zero-order valence-electron chi connectivity index (χ0n) is 17.0. The molecular formula is C25H25Br3O. The van der Waals surface area contributed by atoms with Gasteiger partial charge in [-0.15, -0.1) is 0 Å². The molecule has 0 atom stereocenters. The molecule has 0 aliphatic heterocycles. The second kappa shape index (κ2) is 13.7. The Kier molecular flexibility index (Phi) is 12.1. The standard InChI is InChI=1S/C11H7BrO.C10H6Br2.2C2H6/c12-11-6-5-8(7-13)9-3-1-2-4-10(9)11;11-9-5-6-10(12)8-4-2-1-3-7(8)9;2*1-2/h1-7H;1-6H;2*1-2H3. The maximum absolute atomic E-state index is 10.7. The minimum atomic E-state index is 0.735. The summed E-state index contributed by atoms with van der Waals surface area (Å²) in [5, 5.41) is 4.55. The number of halogens is 3. The van der Waals surface area contributed by atoms with Crippen LogP contribution in [0.2, 0.25) is 0 Å². The van der Waals surface area contributed by atoms with Crippen molar-refractivity contribution in [3.63, 3.8) is 0 Å². The van der Waals surface area contributed by atoms with Gasteiger partial charge in [-0.1, -0.05) is 124 Å². The predicted molar refractivity (Wildman–Crippen MR) is 139 cm³/mol. The van der Waals surface area contributed by atoms with E-state index in [1.54, 1.807) is 0 Å². The van der Waals surface area contributed by atoms with Crippen molar-refractivity contribution >= 4 is 75.6 Å². The Morgan fingerprint density at radius 2 is 0.828 bits per heavy atom. The molecule has 4 aromatic carbocycles. The predicted octanol–water partition coefficient (Wildman–Crippen LogP) is 9.83. The summed E-state index contributed by atoms with van der Waals surface area (Å²) in [6, 6.07) is 23.9. The summed E-state index contributed by atoms with van der Waals surface area (Å²) >= 11 is 10.5. The van der Waals surface area contributed by atoms with Gasteiger partial charge in [0.15, 0.2) is 6.29 Å². The number of hydrogen-bond acceptors (Lipinski definition) is 1. The zero-order valence-corrected chi connectivity index (χ0v) is 21.8. The molecule has 0 saturated carbocycles. The van der Waals surface area contributed by atoms with E-state index < -0.39 is 0 Å². The smallest absolute Gasteiger partial charge is 0.150 e. The molecule has 0 amide bonds. The number of aldehydes is 1. The van der Waals surface area contributed by atoms with Gasteiger partial charge in [-0.3, -0.25) is 4.79 Å². The van der Waals surface area contributed by atoms with E-state index in [9.17, 15) is 4.79 Å². The Morgan fingerprint density at radius 3 is 1.21 bits per heavy atom. The van der Waals surface area contributed by atoms with Crippen LogP contribution in [-0.4, -0.2) is 6.29 Å². The van der Waals surface area contributed by atoms with Crippen LogP contribution in [0.25, 0.3) is 21.5 Å². The van der Waals surface area contributed by atoms with Crippen LogP contribution in [0.5, 0.6) is 0 Å². The summed E-state index contributed by atoms with van der Waals surface area (Å²) in [5.41, 5.74) is 0.735. The highest BCUT2D eigenvalue weighted by Gasteiger charge is 2.02. The van der Waals surface area contributed by atoms with Crippen LogP contribution in [0.4, 0.5) is 0 Å². The topological polar surface area (TPSA) is 17.1 Å². The normalized spacial score (nSPS) is 9.34. The number of carbonyl (C=O) groups excluding carboxylic acids is 1. The van der Waals surface area contributed by atoms with Gasteiger partial charge in [-0.2, -0.15) is 0 Å². The van der Waals surface area contributed by atoms with E-state index in [1.807, 2.05) is 88.4 Å². The van der Waals surface area contributed by atoms with Crippen LogP contribution in [-0.2, 0) is 0 Å². The fourth-order valence-electron chi connectivity index (χ4n) is 2.61. The molecule has 152 valence electrons. The molecule has 0 N–H and O–H groups in total. The summed E-state index contributed by atoms with van der Waals surface area (Å²) in [6.07, 6.45) is 0.884. The quantitative estimate of drug-likeness (QED) is 0.205. The Bertz CT molecular complexity index is 1020. The highest BCUT2D eigenvalue weighted by Crippen LogP contribution is 2.29. The van der Waals surface area contributed by atoms with E-state index in [-0.39, 0.29) is 0 Å². The first-order chi connectivity index (χ1) is 14.1. The molecule has 4 heteroatoms. The van der Waals surface area contributed by atoms with E-state index in [4.69, 9.17) is 0 Å². The van der Waals surface area contributed by atoms with E-state index in [0.29, 0.717) is 0 Å². The summed E-state index contributed by atoms with van der Waals surface area (Å²) in [6.45, 7) is 8.00. The lowest BCUT2D eigenvalue weighted by molar-refractivity contribution is 0.112. The third kappa shape index (κ3) is 6.77. The fourth-order valence-corrected chi connectivity index (χ4v) is 4.05. The van der Waals surface area contributed by atoms with Crippen molar-refractivity contribution < 1.29 is 4.79 Å². The van der Waals surface area contributed by atoms with Crippen LogP contribution in [0.1, 0.15) is 38.1 Å². The van der Waals surface area contributed by atoms with E-state index in [1.165, 1.54) is 10.8 Å². The minimum absolute atomic E-state index is 0.735. The van der Waals surface area contributed by atoms with Gasteiger partial charge in [-0.25, -0.2) is 0 Å². The number of rotatable bonds is 1. The first-order valence-corrected chi connectivity index (χ1v) is 11.9. The molecule has 0 spiro atoms. The lowest BCUT2D eigenvalue weighted by atomic mass is 10.1. The van der Waals surface area contributed by atoms with Gasteiger partial charge in [0, 0.05) is 19.0 Å². The van der Waals surface area contributed by atoms with Crippen molar-refractivity contribution in [1.82, 2.24) is 0 Å².